The molecule has 1 aliphatic rings. The maximum atomic E-state index is 11.2. The lowest BCUT2D eigenvalue weighted by molar-refractivity contribution is -0.144. The molecule has 1 heterocycles. The van der Waals surface area contributed by atoms with Crippen molar-refractivity contribution in [3.63, 3.8) is 0 Å². The monoisotopic (exact) mass is 259 g/mol. The van der Waals surface area contributed by atoms with Crippen molar-refractivity contribution < 1.29 is 9.90 Å². The quantitative estimate of drug-likeness (QED) is 0.836. The summed E-state index contributed by atoms with van der Waals surface area (Å²) in [5.41, 5.74) is 2.74. The second-order valence-corrected chi connectivity index (χ2v) is 4.78. The lowest BCUT2D eigenvalue weighted by Gasteiger charge is -2.33. The normalized spacial score (nSPS) is 19.9. The lowest BCUT2D eigenvalue weighted by atomic mass is 10.0. The molecule has 5 heteroatoms. The minimum Gasteiger partial charge on any atom is -0.480 e. The molecule has 0 saturated carbocycles. The molecule has 100 valence electrons. The Kier molecular flexibility index (Phi) is 4.15. The zero-order valence-corrected chi connectivity index (χ0v) is 10.9. The van der Waals surface area contributed by atoms with Crippen molar-refractivity contribution in [3.8, 4) is 6.07 Å². The summed E-state index contributed by atoms with van der Waals surface area (Å²) in [5.74, 6) is -0.793. The molecule has 1 aromatic carbocycles. The number of rotatable bonds is 3. The minimum absolute atomic E-state index is 0.477. The maximum Gasteiger partial charge on any atom is 0.322 e. The van der Waals surface area contributed by atoms with Gasteiger partial charge >= 0.3 is 5.97 Å². The zero-order chi connectivity index (χ0) is 13.8. The molecule has 1 saturated heterocycles. The number of nitrogens with zero attached hydrogens (tertiary/aromatic N) is 2. The molecule has 0 amide bonds. The molecule has 1 fully saturated rings. The SMILES string of the molecule is Cc1cc(C#N)ccc1CN1CCNCC1C(=O)O. The first-order chi connectivity index (χ1) is 9.11. The van der Waals surface area contributed by atoms with E-state index in [1.54, 1.807) is 6.07 Å². The molecule has 0 aromatic heterocycles. The van der Waals surface area contributed by atoms with Crippen LogP contribution >= 0.6 is 0 Å². The van der Waals surface area contributed by atoms with Gasteiger partial charge in [-0.3, -0.25) is 9.69 Å². The molecule has 0 radical (unpaired) electrons. The number of hydrogen-bond acceptors (Lipinski definition) is 4. The number of aryl methyl sites for hydroxylation is 1. The van der Waals surface area contributed by atoms with Gasteiger partial charge in [-0.2, -0.15) is 5.26 Å². The van der Waals surface area contributed by atoms with E-state index in [0.29, 0.717) is 18.7 Å². The molecule has 5 nitrogen and oxygen atoms in total. The number of carbonyl (C=O) groups is 1. The summed E-state index contributed by atoms with van der Waals surface area (Å²) in [5, 5.41) is 21.2. The average molecular weight is 259 g/mol. The van der Waals surface area contributed by atoms with E-state index in [-0.39, 0.29) is 0 Å². The van der Waals surface area contributed by atoms with E-state index < -0.39 is 12.0 Å². The summed E-state index contributed by atoms with van der Waals surface area (Å²) >= 11 is 0. The van der Waals surface area contributed by atoms with E-state index in [1.165, 1.54) is 0 Å². The van der Waals surface area contributed by atoms with Gasteiger partial charge in [-0.05, 0) is 30.2 Å². The highest BCUT2D eigenvalue weighted by Gasteiger charge is 2.28. The summed E-state index contributed by atoms with van der Waals surface area (Å²) in [6.45, 7) is 4.56. The largest absolute Gasteiger partial charge is 0.480 e. The number of carboxylic acids is 1. The molecule has 1 atom stereocenters. The van der Waals surface area contributed by atoms with E-state index >= 15 is 0 Å². The van der Waals surface area contributed by atoms with Gasteiger partial charge in [-0.25, -0.2) is 0 Å². The first-order valence-electron chi connectivity index (χ1n) is 6.29. The van der Waals surface area contributed by atoms with E-state index in [1.807, 2.05) is 24.0 Å². The van der Waals surface area contributed by atoms with Gasteiger partial charge < -0.3 is 10.4 Å². The molecule has 1 unspecified atom stereocenters. The van der Waals surface area contributed by atoms with Crippen molar-refractivity contribution >= 4 is 5.97 Å². The highest BCUT2D eigenvalue weighted by Crippen LogP contribution is 2.16. The second-order valence-electron chi connectivity index (χ2n) is 4.78. The number of piperazine rings is 1. The molecule has 0 aliphatic carbocycles. The summed E-state index contributed by atoms with van der Waals surface area (Å²) in [6, 6.07) is 7.16. The molecule has 19 heavy (non-hydrogen) atoms. The van der Waals surface area contributed by atoms with Gasteiger partial charge in [0.2, 0.25) is 0 Å². The number of nitriles is 1. The van der Waals surface area contributed by atoms with Crippen LogP contribution in [0.25, 0.3) is 0 Å². The fraction of sp³-hybridized carbons (Fsp3) is 0.429. The van der Waals surface area contributed by atoms with Crippen molar-refractivity contribution in [2.24, 2.45) is 0 Å². The Morgan fingerprint density at radius 2 is 2.42 bits per heavy atom. The third-order valence-electron chi connectivity index (χ3n) is 3.48. The van der Waals surface area contributed by atoms with Crippen molar-refractivity contribution in [2.75, 3.05) is 19.6 Å². The van der Waals surface area contributed by atoms with Gasteiger partial charge in [0.05, 0.1) is 11.6 Å². The van der Waals surface area contributed by atoms with E-state index in [9.17, 15) is 9.90 Å². The first kappa shape index (κ1) is 13.5. The smallest absolute Gasteiger partial charge is 0.322 e. The van der Waals surface area contributed by atoms with Crippen LogP contribution in [0.2, 0.25) is 0 Å². The van der Waals surface area contributed by atoms with Gasteiger partial charge in [0.25, 0.3) is 0 Å². The molecule has 2 rings (SSSR count). The average Bonchev–Trinajstić information content (AvgIpc) is 2.41. The van der Waals surface area contributed by atoms with Gasteiger partial charge in [0.1, 0.15) is 6.04 Å². The fourth-order valence-corrected chi connectivity index (χ4v) is 2.34. The van der Waals surface area contributed by atoms with Crippen molar-refractivity contribution in [2.45, 2.75) is 19.5 Å². The number of nitrogens with one attached hydrogen (secondary N) is 1. The van der Waals surface area contributed by atoms with Crippen molar-refractivity contribution in [1.29, 1.82) is 5.26 Å². The third kappa shape index (κ3) is 3.11. The van der Waals surface area contributed by atoms with Crippen LogP contribution in [0, 0.1) is 18.3 Å². The highest BCUT2D eigenvalue weighted by molar-refractivity contribution is 5.74. The minimum atomic E-state index is -0.793. The molecule has 0 bridgehead atoms. The van der Waals surface area contributed by atoms with Crippen molar-refractivity contribution in [3.05, 3.63) is 34.9 Å². The van der Waals surface area contributed by atoms with Crippen LogP contribution in [0.1, 0.15) is 16.7 Å². The predicted octanol–water partition coefficient (Wildman–Crippen LogP) is 0.725. The number of hydrogen-bond donors (Lipinski definition) is 2. The van der Waals surface area contributed by atoms with E-state index in [2.05, 4.69) is 11.4 Å². The van der Waals surface area contributed by atoms with Crippen LogP contribution in [-0.4, -0.2) is 41.7 Å². The van der Waals surface area contributed by atoms with Crippen molar-refractivity contribution in [1.82, 2.24) is 10.2 Å². The Bertz CT molecular complexity index is 522. The number of carboxylic acid groups (broad SMARTS) is 1. The van der Waals surface area contributed by atoms with E-state index in [0.717, 1.165) is 24.2 Å². The van der Waals surface area contributed by atoms with Gasteiger partial charge in [0, 0.05) is 26.2 Å². The summed E-state index contributed by atoms with van der Waals surface area (Å²) in [4.78, 5) is 13.2. The van der Waals surface area contributed by atoms with Crippen LogP contribution in [0.4, 0.5) is 0 Å². The topological polar surface area (TPSA) is 76.4 Å². The van der Waals surface area contributed by atoms with E-state index in [4.69, 9.17) is 5.26 Å². The number of aliphatic carboxylic acids is 1. The van der Waals surface area contributed by atoms with Crippen LogP contribution < -0.4 is 5.32 Å². The summed E-state index contributed by atoms with van der Waals surface area (Å²) < 4.78 is 0. The van der Waals surface area contributed by atoms with Crippen LogP contribution in [0.3, 0.4) is 0 Å². The maximum absolute atomic E-state index is 11.2. The summed E-state index contributed by atoms with van der Waals surface area (Å²) in [7, 11) is 0. The van der Waals surface area contributed by atoms with Gasteiger partial charge in [-0.1, -0.05) is 6.07 Å². The Balaban J connectivity index is 2.15. The first-order valence-corrected chi connectivity index (χ1v) is 6.29. The standard InChI is InChI=1S/C14H17N3O2/c1-10-6-11(7-15)2-3-12(10)9-17-5-4-16-8-13(17)14(18)19/h2-3,6,13,16H,4-5,8-9H2,1H3,(H,18,19). The van der Waals surface area contributed by atoms with Crippen LogP contribution in [0.15, 0.2) is 18.2 Å². The van der Waals surface area contributed by atoms with Crippen LogP contribution in [0.5, 0.6) is 0 Å². The molecule has 0 spiro atoms. The predicted molar refractivity (Wildman–Crippen MR) is 70.6 cm³/mol. The van der Waals surface area contributed by atoms with Gasteiger partial charge in [0.15, 0.2) is 0 Å². The third-order valence-corrected chi connectivity index (χ3v) is 3.48. The Morgan fingerprint density at radius 3 is 3.05 bits per heavy atom. The Hall–Kier alpha value is -1.90. The zero-order valence-electron chi connectivity index (χ0n) is 10.9. The second kappa shape index (κ2) is 5.83. The van der Waals surface area contributed by atoms with Gasteiger partial charge in [-0.15, -0.1) is 0 Å². The summed E-state index contributed by atoms with van der Waals surface area (Å²) in [6.07, 6.45) is 0. The molecule has 1 aromatic rings. The molecule has 1 aliphatic heterocycles. The van der Waals surface area contributed by atoms with Crippen LogP contribution in [-0.2, 0) is 11.3 Å². The lowest BCUT2D eigenvalue weighted by Crippen LogP contribution is -2.54. The molecular weight excluding hydrogens is 242 g/mol. The Labute approximate surface area is 112 Å². The Morgan fingerprint density at radius 1 is 1.63 bits per heavy atom. The fourth-order valence-electron chi connectivity index (χ4n) is 2.34. The molecular formula is C14H17N3O2. The number of benzene rings is 1. The molecule has 2 N–H and O–H groups in total. The highest BCUT2D eigenvalue weighted by atomic mass is 16.4.